The Hall–Kier alpha value is -1.92. The number of rotatable bonds is 6. The summed E-state index contributed by atoms with van der Waals surface area (Å²) in [5, 5.41) is 9.19. The Morgan fingerprint density at radius 3 is 2.04 bits per heavy atom. The maximum Gasteiger partial charge on any atom is 0.125 e. The first-order chi connectivity index (χ1) is 11.0. The molecule has 0 atom stereocenters. The summed E-state index contributed by atoms with van der Waals surface area (Å²) in [6.07, 6.45) is 1.71. The highest BCUT2D eigenvalue weighted by Gasteiger charge is 1.99. The lowest BCUT2D eigenvalue weighted by atomic mass is 10.2. The molecule has 0 saturated carbocycles. The summed E-state index contributed by atoms with van der Waals surface area (Å²) in [7, 11) is 0. The van der Waals surface area contributed by atoms with Gasteiger partial charge in [0.15, 0.2) is 0 Å². The fraction of sp³-hybridized carbons (Fsp3) is 0.118. The van der Waals surface area contributed by atoms with Crippen LogP contribution >= 0.6 is 35.6 Å². The second-order valence-corrected chi connectivity index (χ2v) is 5.71. The van der Waals surface area contributed by atoms with E-state index in [-0.39, 0.29) is 31.6 Å². The molecule has 0 aliphatic heterocycles. The van der Waals surface area contributed by atoms with Gasteiger partial charge in [-0.2, -0.15) is 0 Å². The topological polar surface area (TPSA) is 110 Å². The second-order valence-electron chi connectivity index (χ2n) is 4.83. The molecule has 0 heterocycles. The van der Waals surface area contributed by atoms with Crippen molar-refractivity contribution in [2.75, 3.05) is 13.1 Å². The van der Waals surface area contributed by atoms with E-state index < -0.39 is 0 Å². The van der Waals surface area contributed by atoms with Gasteiger partial charge in [0.05, 0.1) is 18.8 Å². The first kappa shape index (κ1) is 23.1. The van der Waals surface area contributed by atoms with E-state index in [1.165, 1.54) is 0 Å². The maximum atomic E-state index is 7.86. The first-order valence-corrected chi connectivity index (χ1v) is 7.68. The van der Waals surface area contributed by atoms with E-state index in [1.54, 1.807) is 42.6 Å². The minimum atomic E-state index is 0. The number of aliphatic imine (C=N–C) groups is 2. The van der Waals surface area contributed by atoms with Crippen LogP contribution in [0.15, 0.2) is 58.5 Å². The van der Waals surface area contributed by atoms with E-state index in [2.05, 4.69) is 9.98 Å². The van der Waals surface area contributed by atoms with Gasteiger partial charge in [-0.25, -0.2) is 0 Å². The molecule has 0 bridgehead atoms. The maximum absolute atomic E-state index is 7.86. The molecule has 0 amide bonds. The van der Waals surface area contributed by atoms with Crippen molar-refractivity contribution in [2.45, 2.75) is 0 Å². The van der Waals surface area contributed by atoms with E-state index in [4.69, 9.17) is 34.3 Å². The first-order valence-electron chi connectivity index (χ1n) is 6.92. The fourth-order valence-corrected chi connectivity index (χ4v) is 2.00. The Morgan fingerprint density at radius 2 is 1.48 bits per heavy atom. The molecule has 0 aliphatic carbocycles. The summed E-state index contributed by atoms with van der Waals surface area (Å²) in [6, 6.07) is 14.4. The molecule has 0 fully saturated rings. The van der Waals surface area contributed by atoms with Crippen molar-refractivity contribution >= 4 is 53.4 Å². The van der Waals surface area contributed by atoms with Gasteiger partial charge in [0.2, 0.25) is 0 Å². The summed E-state index contributed by atoms with van der Waals surface area (Å²) in [4.78, 5) is 8.41. The van der Waals surface area contributed by atoms with Crippen LogP contribution in [-0.4, -0.2) is 30.9 Å². The molecular formula is C17H20Cl3N5. The SMILES string of the molecule is Cl.N.N=C(CN=Cc1ccc(Cl)cc1)CN=C(N)c1ccc(Cl)cc1. The number of nitrogens with one attached hydrogen (secondary N) is 1. The van der Waals surface area contributed by atoms with Crippen LogP contribution in [0.4, 0.5) is 0 Å². The summed E-state index contributed by atoms with van der Waals surface area (Å²) >= 11 is 11.6. The minimum absolute atomic E-state index is 0. The number of amidine groups is 1. The lowest BCUT2D eigenvalue weighted by Crippen LogP contribution is -2.16. The Labute approximate surface area is 163 Å². The average molecular weight is 401 g/mol. The molecule has 0 saturated heterocycles. The van der Waals surface area contributed by atoms with Gasteiger partial charge in [-0.05, 0) is 42.0 Å². The van der Waals surface area contributed by atoms with Crippen molar-refractivity contribution in [3.05, 3.63) is 69.7 Å². The molecule has 134 valence electrons. The number of nitrogens with two attached hydrogens (primary N) is 1. The van der Waals surface area contributed by atoms with Gasteiger partial charge < -0.3 is 17.3 Å². The lowest BCUT2D eigenvalue weighted by Gasteiger charge is -2.02. The zero-order valence-electron chi connectivity index (χ0n) is 13.5. The number of hydrogen-bond donors (Lipinski definition) is 3. The molecule has 0 radical (unpaired) electrons. The number of benzene rings is 2. The molecule has 2 rings (SSSR count). The van der Waals surface area contributed by atoms with Gasteiger partial charge in [0.1, 0.15) is 5.84 Å². The summed E-state index contributed by atoms with van der Waals surface area (Å²) in [5.41, 5.74) is 7.99. The van der Waals surface area contributed by atoms with Crippen LogP contribution in [0.5, 0.6) is 0 Å². The number of nitrogens with zero attached hydrogens (tertiary/aromatic N) is 2. The molecular weight excluding hydrogens is 381 g/mol. The van der Waals surface area contributed by atoms with E-state index in [0.29, 0.717) is 21.6 Å². The van der Waals surface area contributed by atoms with Crippen LogP contribution in [0.3, 0.4) is 0 Å². The smallest absolute Gasteiger partial charge is 0.125 e. The normalized spacial score (nSPS) is 10.9. The van der Waals surface area contributed by atoms with Crippen molar-refractivity contribution in [1.82, 2.24) is 6.15 Å². The van der Waals surface area contributed by atoms with Gasteiger partial charge in [0, 0.05) is 21.8 Å². The van der Waals surface area contributed by atoms with E-state index in [1.807, 2.05) is 12.1 Å². The van der Waals surface area contributed by atoms with Gasteiger partial charge >= 0.3 is 0 Å². The molecule has 0 aromatic heterocycles. The standard InChI is InChI=1S/C17H16Cl2N4.ClH.H3N/c18-14-5-1-12(2-6-14)9-22-10-16(20)11-23-17(21)13-3-7-15(19)8-4-13;;/h1-9,20H,10-11H2,(H2,21,23);1H;1H3. The Balaban J connectivity index is 0.00000288. The van der Waals surface area contributed by atoms with Crippen molar-refractivity contribution in [3.63, 3.8) is 0 Å². The van der Waals surface area contributed by atoms with Crippen LogP contribution < -0.4 is 11.9 Å². The Bertz CT molecular complexity index is 725. The summed E-state index contributed by atoms with van der Waals surface area (Å²) in [5.74, 6) is 0.382. The lowest BCUT2D eigenvalue weighted by molar-refractivity contribution is 1.16. The Kier molecular flexibility index (Phi) is 10.7. The predicted octanol–water partition coefficient (Wildman–Crippen LogP) is 4.42. The molecule has 0 unspecified atom stereocenters. The molecule has 2 aromatic rings. The third kappa shape index (κ3) is 8.14. The fourth-order valence-electron chi connectivity index (χ4n) is 1.75. The van der Waals surface area contributed by atoms with E-state index >= 15 is 0 Å². The third-order valence-corrected chi connectivity index (χ3v) is 3.48. The average Bonchev–Trinajstić information content (AvgIpc) is 2.55. The number of halogens is 3. The minimum Gasteiger partial charge on any atom is -0.383 e. The molecule has 0 spiro atoms. The molecule has 25 heavy (non-hydrogen) atoms. The van der Waals surface area contributed by atoms with Crippen LogP contribution in [0.25, 0.3) is 0 Å². The molecule has 2 aromatic carbocycles. The summed E-state index contributed by atoms with van der Waals surface area (Å²) < 4.78 is 0. The van der Waals surface area contributed by atoms with Gasteiger partial charge in [-0.1, -0.05) is 35.3 Å². The van der Waals surface area contributed by atoms with Crippen molar-refractivity contribution in [2.24, 2.45) is 15.7 Å². The Morgan fingerprint density at radius 1 is 0.960 bits per heavy atom. The zero-order valence-corrected chi connectivity index (χ0v) is 15.8. The third-order valence-electron chi connectivity index (χ3n) is 2.97. The quantitative estimate of drug-likeness (QED) is 0.492. The molecule has 6 N–H and O–H groups in total. The van der Waals surface area contributed by atoms with E-state index in [9.17, 15) is 0 Å². The van der Waals surface area contributed by atoms with Gasteiger partial charge in [0.25, 0.3) is 0 Å². The monoisotopic (exact) mass is 399 g/mol. The van der Waals surface area contributed by atoms with Crippen molar-refractivity contribution < 1.29 is 0 Å². The van der Waals surface area contributed by atoms with Gasteiger partial charge in [-0.3, -0.25) is 9.98 Å². The molecule has 5 nitrogen and oxygen atoms in total. The zero-order chi connectivity index (χ0) is 16.7. The molecule has 0 aliphatic rings. The summed E-state index contributed by atoms with van der Waals surface area (Å²) in [6.45, 7) is 0.493. The van der Waals surface area contributed by atoms with Crippen LogP contribution in [-0.2, 0) is 0 Å². The highest BCUT2D eigenvalue weighted by atomic mass is 35.5. The predicted molar refractivity (Wildman–Crippen MR) is 111 cm³/mol. The molecule has 8 heteroatoms. The van der Waals surface area contributed by atoms with Crippen molar-refractivity contribution in [3.8, 4) is 0 Å². The van der Waals surface area contributed by atoms with Crippen molar-refractivity contribution in [1.29, 1.82) is 5.41 Å². The number of hydrogen-bond acceptors (Lipinski definition) is 4. The highest BCUT2D eigenvalue weighted by molar-refractivity contribution is 6.31. The van der Waals surface area contributed by atoms with Crippen LogP contribution in [0.2, 0.25) is 10.0 Å². The van der Waals surface area contributed by atoms with Crippen LogP contribution in [0, 0.1) is 5.41 Å². The van der Waals surface area contributed by atoms with Crippen LogP contribution in [0.1, 0.15) is 11.1 Å². The van der Waals surface area contributed by atoms with E-state index in [0.717, 1.165) is 11.1 Å². The van der Waals surface area contributed by atoms with Gasteiger partial charge in [-0.15, -0.1) is 12.4 Å². The highest BCUT2D eigenvalue weighted by Crippen LogP contribution is 2.09. The second kappa shape index (κ2) is 11.6. The largest absolute Gasteiger partial charge is 0.383 e.